The summed E-state index contributed by atoms with van der Waals surface area (Å²) in [5.74, 6) is 1.76. The van der Waals surface area contributed by atoms with Crippen molar-refractivity contribution < 1.29 is 9.53 Å². The Morgan fingerprint density at radius 2 is 2.16 bits per heavy atom. The van der Waals surface area contributed by atoms with E-state index in [1.807, 2.05) is 13.0 Å². The van der Waals surface area contributed by atoms with Crippen molar-refractivity contribution in [2.24, 2.45) is 0 Å². The van der Waals surface area contributed by atoms with Gasteiger partial charge in [0.25, 0.3) is 0 Å². The molecule has 0 bridgehead atoms. The number of ether oxygens (including phenoxy) is 1. The van der Waals surface area contributed by atoms with Gasteiger partial charge in [-0.1, -0.05) is 0 Å². The summed E-state index contributed by atoms with van der Waals surface area (Å²) in [6.07, 6.45) is 1.48. The molecule has 2 saturated heterocycles. The van der Waals surface area contributed by atoms with Gasteiger partial charge in [-0.15, -0.1) is 0 Å². The molecule has 0 aromatic carbocycles. The molecule has 2 fully saturated rings. The van der Waals surface area contributed by atoms with Crippen LogP contribution in [0.4, 0.5) is 10.6 Å². The second-order valence-corrected chi connectivity index (χ2v) is 6.17. The van der Waals surface area contributed by atoms with Crippen molar-refractivity contribution >= 4 is 34.5 Å². The number of rotatable bonds is 1. The van der Waals surface area contributed by atoms with Crippen molar-refractivity contribution in [3.63, 3.8) is 0 Å². The molecule has 1 spiro atoms. The summed E-state index contributed by atoms with van der Waals surface area (Å²) in [4.78, 5) is 22.2. The highest BCUT2D eigenvalue weighted by atomic mass is 127. The molecule has 7 heteroatoms. The molecule has 3 rings (SSSR count). The van der Waals surface area contributed by atoms with E-state index >= 15 is 0 Å². The summed E-state index contributed by atoms with van der Waals surface area (Å²) in [5.41, 5.74) is -0.164. The Bertz CT molecular complexity index is 494. The number of carbonyl (C=O) groups excluding carboxylic acids is 1. The molecule has 3 heterocycles. The lowest BCUT2D eigenvalue weighted by Crippen LogP contribution is -2.52. The molecule has 102 valence electrons. The number of nitrogens with one attached hydrogen (secondary N) is 1. The van der Waals surface area contributed by atoms with Crippen molar-refractivity contribution in [1.29, 1.82) is 0 Å². The maximum atomic E-state index is 11.2. The van der Waals surface area contributed by atoms with E-state index < -0.39 is 0 Å². The van der Waals surface area contributed by atoms with Gasteiger partial charge >= 0.3 is 6.09 Å². The lowest BCUT2D eigenvalue weighted by molar-refractivity contribution is 0.168. The fourth-order valence-electron chi connectivity index (χ4n) is 2.60. The lowest BCUT2D eigenvalue weighted by Gasteiger charge is -2.38. The van der Waals surface area contributed by atoms with Gasteiger partial charge in [-0.2, -0.15) is 0 Å². The summed E-state index contributed by atoms with van der Waals surface area (Å²) in [6, 6.07) is 2.00. The maximum absolute atomic E-state index is 11.2. The minimum absolute atomic E-state index is 0.164. The number of halogens is 1. The molecule has 0 atom stereocenters. The van der Waals surface area contributed by atoms with Crippen LogP contribution in [-0.4, -0.2) is 41.3 Å². The number of carbonyl (C=O) groups is 1. The normalized spacial score (nSPS) is 21.4. The highest BCUT2D eigenvalue weighted by Crippen LogP contribution is 2.28. The molecule has 2 aliphatic rings. The number of nitrogens with zero attached hydrogens (tertiary/aromatic N) is 3. The number of aryl methyl sites for hydroxylation is 1. The van der Waals surface area contributed by atoms with Gasteiger partial charge in [0.15, 0.2) is 0 Å². The standard InChI is InChI=1S/C12H15IN4O2/c1-8-14-9(13)6-10(15-8)17-4-2-12(3-5-17)7-19-11(18)16-12/h6H,2-5,7H2,1H3,(H,16,18). The van der Waals surface area contributed by atoms with E-state index in [0.717, 1.165) is 41.3 Å². The molecule has 1 aromatic heterocycles. The van der Waals surface area contributed by atoms with Gasteiger partial charge < -0.3 is 15.0 Å². The second kappa shape index (κ2) is 4.77. The fraction of sp³-hybridized carbons (Fsp3) is 0.583. The monoisotopic (exact) mass is 374 g/mol. The first-order valence-electron chi connectivity index (χ1n) is 6.27. The van der Waals surface area contributed by atoms with Crippen LogP contribution in [-0.2, 0) is 4.74 Å². The molecule has 1 amide bonds. The van der Waals surface area contributed by atoms with Gasteiger partial charge in [0.05, 0.1) is 5.54 Å². The summed E-state index contributed by atoms with van der Waals surface area (Å²) in [7, 11) is 0. The largest absolute Gasteiger partial charge is 0.447 e. The van der Waals surface area contributed by atoms with Gasteiger partial charge in [0.1, 0.15) is 21.9 Å². The highest BCUT2D eigenvalue weighted by Gasteiger charge is 2.42. The molecule has 1 N–H and O–H groups in total. The van der Waals surface area contributed by atoms with Gasteiger partial charge in [0, 0.05) is 19.2 Å². The first-order valence-corrected chi connectivity index (χ1v) is 7.35. The number of cyclic esters (lactones) is 1. The van der Waals surface area contributed by atoms with Gasteiger partial charge in [-0.05, 0) is 42.4 Å². The average molecular weight is 374 g/mol. The highest BCUT2D eigenvalue weighted by molar-refractivity contribution is 14.1. The molecular formula is C12H15IN4O2. The Labute approximate surface area is 125 Å². The van der Waals surface area contributed by atoms with E-state index in [0.29, 0.717) is 6.61 Å². The predicted octanol–water partition coefficient (Wildman–Crippen LogP) is 1.47. The predicted molar refractivity (Wildman–Crippen MR) is 78.1 cm³/mol. The van der Waals surface area contributed by atoms with E-state index in [2.05, 4.69) is 42.8 Å². The van der Waals surface area contributed by atoms with Crippen molar-refractivity contribution in [3.8, 4) is 0 Å². The van der Waals surface area contributed by atoms with Gasteiger partial charge in [-0.25, -0.2) is 14.8 Å². The number of hydrogen-bond acceptors (Lipinski definition) is 5. The number of anilines is 1. The third kappa shape index (κ3) is 2.60. The quantitative estimate of drug-likeness (QED) is 0.596. The van der Waals surface area contributed by atoms with Crippen LogP contribution in [0.25, 0.3) is 0 Å². The SMILES string of the molecule is Cc1nc(I)cc(N2CCC3(CC2)COC(=O)N3)n1. The maximum Gasteiger partial charge on any atom is 0.407 e. The smallest absolute Gasteiger partial charge is 0.407 e. The van der Waals surface area contributed by atoms with Crippen LogP contribution < -0.4 is 10.2 Å². The Balaban J connectivity index is 1.71. The number of alkyl carbamates (subject to hydrolysis) is 1. The van der Waals surface area contributed by atoms with Crippen molar-refractivity contribution in [2.75, 3.05) is 24.6 Å². The number of amides is 1. The summed E-state index contributed by atoms with van der Waals surface area (Å²) in [5, 5.41) is 2.94. The van der Waals surface area contributed by atoms with E-state index in [1.54, 1.807) is 0 Å². The first-order chi connectivity index (χ1) is 9.06. The first kappa shape index (κ1) is 12.9. The summed E-state index contributed by atoms with van der Waals surface area (Å²) in [6.45, 7) is 4.13. The molecule has 2 aliphatic heterocycles. The van der Waals surface area contributed by atoms with E-state index in [-0.39, 0.29) is 11.6 Å². The second-order valence-electron chi connectivity index (χ2n) is 5.06. The van der Waals surface area contributed by atoms with Crippen molar-refractivity contribution in [3.05, 3.63) is 15.6 Å². The number of hydrogen-bond donors (Lipinski definition) is 1. The third-order valence-electron chi connectivity index (χ3n) is 3.68. The topological polar surface area (TPSA) is 67.4 Å². The number of piperidine rings is 1. The van der Waals surface area contributed by atoms with Crippen molar-refractivity contribution in [1.82, 2.24) is 15.3 Å². The van der Waals surface area contributed by atoms with Crippen LogP contribution in [0.3, 0.4) is 0 Å². The van der Waals surface area contributed by atoms with Crippen LogP contribution in [0.1, 0.15) is 18.7 Å². The zero-order chi connectivity index (χ0) is 13.5. The van der Waals surface area contributed by atoms with Crippen LogP contribution in [0, 0.1) is 10.6 Å². The Hall–Kier alpha value is -1.12. The van der Waals surface area contributed by atoms with Crippen LogP contribution >= 0.6 is 22.6 Å². The molecule has 0 aliphatic carbocycles. The molecular weight excluding hydrogens is 359 g/mol. The van der Waals surface area contributed by atoms with Crippen LogP contribution in [0.2, 0.25) is 0 Å². The summed E-state index contributed by atoms with van der Waals surface area (Å²) >= 11 is 2.21. The Morgan fingerprint density at radius 3 is 2.74 bits per heavy atom. The molecule has 0 unspecified atom stereocenters. The zero-order valence-corrected chi connectivity index (χ0v) is 12.8. The number of aromatic nitrogens is 2. The van der Waals surface area contributed by atoms with Gasteiger partial charge in [0.2, 0.25) is 0 Å². The van der Waals surface area contributed by atoms with E-state index in [1.165, 1.54) is 0 Å². The fourth-order valence-corrected chi connectivity index (χ4v) is 3.23. The molecule has 6 nitrogen and oxygen atoms in total. The van der Waals surface area contributed by atoms with Gasteiger partial charge in [-0.3, -0.25) is 0 Å². The Kier molecular flexibility index (Phi) is 3.23. The van der Waals surface area contributed by atoms with Crippen LogP contribution in [0.5, 0.6) is 0 Å². The molecule has 0 saturated carbocycles. The zero-order valence-electron chi connectivity index (χ0n) is 10.6. The molecule has 0 radical (unpaired) electrons. The molecule has 19 heavy (non-hydrogen) atoms. The molecule has 1 aromatic rings. The van der Waals surface area contributed by atoms with E-state index in [9.17, 15) is 4.79 Å². The van der Waals surface area contributed by atoms with Crippen molar-refractivity contribution in [2.45, 2.75) is 25.3 Å². The van der Waals surface area contributed by atoms with Crippen LogP contribution in [0.15, 0.2) is 6.07 Å². The third-order valence-corrected chi connectivity index (χ3v) is 4.24. The van der Waals surface area contributed by atoms with E-state index in [4.69, 9.17) is 4.74 Å². The Morgan fingerprint density at radius 1 is 1.42 bits per heavy atom. The minimum Gasteiger partial charge on any atom is -0.447 e. The average Bonchev–Trinajstić information content (AvgIpc) is 2.70. The minimum atomic E-state index is -0.291. The lowest BCUT2D eigenvalue weighted by atomic mass is 9.89. The summed E-state index contributed by atoms with van der Waals surface area (Å²) < 4.78 is 5.99.